The molecule has 0 amide bonds. The monoisotopic (exact) mass is 399 g/mol. The summed E-state index contributed by atoms with van der Waals surface area (Å²) in [5, 5.41) is 12.9. The normalized spacial score (nSPS) is 12.1. The van der Waals surface area contributed by atoms with Gasteiger partial charge in [0.25, 0.3) is 0 Å². The average molecular weight is 400 g/mol. The maximum atomic E-state index is 9.80. The number of benzene rings is 3. The number of phenols is 1. The molecule has 0 fully saturated rings. The minimum atomic E-state index is 0.265. The van der Waals surface area contributed by atoms with Crippen molar-refractivity contribution in [2.24, 2.45) is 0 Å². The number of allylic oxidation sites excluding steroid dienone is 3. The highest BCUT2D eigenvalue weighted by Crippen LogP contribution is 2.36. The largest absolute Gasteiger partial charge is 0.508 e. The molecule has 0 aliphatic rings. The Morgan fingerprint density at radius 3 is 2.10 bits per heavy atom. The third kappa shape index (κ3) is 5.62. The summed E-state index contributed by atoms with van der Waals surface area (Å²) in [6.45, 7) is 3.48. The Bertz CT molecular complexity index is 972. The van der Waals surface area contributed by atoms with Gasteiger partial charge in [-0.05, 0) is 72.5 Å². The summed E-state index contributed by atoms with van der Waals surface area (Å²) in [7, 11) is 1.91. The number of nitrogens with one attached hydrogen (secondary N) is 1. The average Bonchev–Trinajstić information content (AvgIpc) is 2.79. The Labute approximate surface area is 179 Å². The number of hydrogen-bond donors (Lipinski definition) is 2. The van der Waals surface area contributed by atoms with Crippen LogP contribution in [0.5, 0.6) is 11.5 Å². The molecule has 3 rings (SSSR count). The zero-order valence-electron chi connectivity index (χ0n) is 17.6. The van der Waals surface area contributed by atoms with Gasteiger partial charge in [-0.3, -0.25) is 0 Å². The molecule has 0 aliphatic heterocycles. The molecule has 0 aliphatic carbocycles. The SMILES string of the molecule is CC=CC/C(=C(\c1ccc(O)cc1)c1ccc(OCCNC)cc1)c1ccccc1. The van der Waals surface area contributed by atoms with Gasteiger partial charge in [-0.15, -0.1) is 0 Å². The van der Waals surface area contributed by atoms with Crippen LogP contribution in [0.15, 0.2) is 91.0 Å². The van der Waals surface area contributed by atoms with E-state index in [2.05, 4.69) is 53.9 Å². The highest BCUT2D eigenvalue weighted by Gasteiger charge is 2.14. The molecule has 0 heterocycles. The Morgan fingerprint density at radius 2 is 1.50 bits per heavy atom. The molecule has 0 aromatic heterocycles. The van der Waals surface area contributed by atoms with E-state index in [1.165, 1.54) is 11.1 Å². The van der Waals surface area contributed by atoms with E-state index in [4.69, 9.17) is 4.74 Å². The van der Waals surface area contributed by atoms with Gasteiger partial charge in [0.1, 0.15) is 18.1 Å². The molecule has 0 saturated carbocycles. The fourth-order valence-corrected chi connectivity index (χ4v) is 3.37. The molecule has 3 aromatic rings. The minimum absolute atomic E-state index is 0.265. The topological polar surface area (TPSA) is 41.5 Å². The second-order valence-electron chi connectivity index (χ2n) is 7.02. The highest BCUT2D eigenvalue weighted by atomic mass is 16.5. The lowest BCUT2D eigenvalue weighted by Gasteiger charge is -2.17. The predicted octanol–water partition coefficient (Wildman–Crippen LogP) is 5.92. The number of phenolic OH excluding ortho intramolecular Hbond substituents is 1. The van der Waals surface area contributed by atoms with Gasteiger partial charge in [-0.25, -0.2) is 0 Å². The maximum Gasteiger partial charge on any atom is 0.119 e. The summed E-state index contributed by atoms with van der Waals surface area (Å²) in [6.07, 6.45) is 5.07. The zero-order chi connectivity index (χ0) is 21.2. The Morgan fingerprint density at radius 1 is 0.867 bits per heavy atom. The van der Waals surface area contributed by atoms with Gasteiger partial charge < -0.3 is 15.2 Å². The van der Waals surface area contributed by atoms with E-state index < -0.39 is 0 Å². The third-order valence-corrected chi connectivity index (χ3v) is 4.90. The van der Waals surface area contributed by atoms with Crippen LogP contribution >= 0.6 is 0 Å². The first-order chi connectivity index (χ1) is 14.7. The molecule has 30 heavy (non-hydrogen) atoms. The molecular formula is C27H29NO2. The van der Waals surface area contributed by atoms with Gasteiger partial charge in [-0.1, -0.05) is 66.7 Å². The molecule has 154 valence electrons. The van der Waals surface area contributed by atoms with Gasteiger partial charge in [0.05, 0.1) is 0 Å². The summed E-state index contributed by atoms with van der Waals surface area (Å²) in [6, 6.07) is 26.1. The number of aromatic hydroxyl groups is 1. The molecule has 3 heteroatoms. The molecule has 2 N–H and O–H groups in total. The molecule has 0 unspecified atom stereocenters. The standard InChI is InChI=1S/C27H29NO2/c1-3-4-10-26(21-8-6-5-7-9-21)27(22-11-15-24(29)16-12-22)23-13-17-25(18-14-23)30-20-19-28-2/h3-9,11-18,28-29H,10,19-20H2,1-2H3/b4-3?,27-26-. The lowest BCUT2D eigenvalue weighted by Crippen LogP contribution is -2.15. The first-order valence-electron chi connectivity index (χ1n) is 10.3. The van der Waals surface area contributed by atoms with Crippen molar-refractivity contribution in [2.45, 2.75) is 13.3 Å². The van der Waals surface area contributed by atoms with Crippen molar-refractivity contribution in [3.05, 3.63) is 108 Å². The van der Waals surface area contributed by atoms with Crippen LogP contribution in [0.3, 0.4) is 0 Å². The number of rotatable bonds is 9. The van der Waals surface area contributed by atoms with Crippen LogP contribution in [0.1, 0.15) is 30.0 Å². The summed E-state index contributed by atoms with van der Waals surface area (Å²) in [5.41, 5.74) is 5.77. The predicted molar refractivity (Wildman–Crippen MR) is 126 cm³/mol. The second kappa shape index (κ2) is 11.0. The number of likely N-dealkylation sites (N-methyl/N-ethyl adjacent to an activating group) is 1. The van der Waals surface area contributed by atoms with Crippen LogP contribution in [0.25, 0.3) is 11.1 Å². The van der Waals surface area contributed by atoms with Gasteiger partial charge in [0, 0.05) is 6.54 Å². The van der Waals surface area contributed by atoms with Crippen molar-refractivity contribution in [3.8, 4) is 11.5 Å². The van der Waals surface area contributed by atoms with E-state index in [-0.39, 0.29) is 5.75 Å². The van der Waals surface area contributed by atoms with Crippen molar-refractivity contribution >= 4 is 11.1 Å². The molecular weight excluding hydrogens is 370 g/mol. The van der Waals surface area contributed by atoms with E-state index in [1.54, 1.807) is 12.1 Å². The number of hydrogen-bond acceptors (Lipinski definition) is 3. The van der Waals surface area contributed by atoms with E-state index in [9.17, 15) is 5.11 Å². The van der Waals surface area contributed by atoms with Gasteiger partial charge in [0.15, 0.2) is 0 Å². The third-order valence-electron chi connectivity index (χ3n) is 4.90. The van der Waals surface area contributed by atoms with Crippen LogP contribution in [0, 0.1) is 0 Å². The van der Waals surface area contributed by atoms with Crippen LogP contribution in [0.2, 0.25) is 0 Å². The molecule has 0 bridgehead atoms. The van der Waals surface area contributed by atoms with Crippen LogP contribution in [-0.2, 0) is 0 Å². The highest BCUT2D eigenvalue weighted by molar-refractivity contribution is 5.99. The second-order valence-corrected chi connectivity index (χ2v) is 7.02. The summed E-state index contributed by atoms with van der Waals surface area (Å²) in [4.78, 5) is 0. The Balaban J connectivity index is 2.11. The number of ether oxygens (including phenoxy) is 1. The minimum Gasteiger partial charge on any atom is -0.508 e. The van der Waals surface area contributed by atoms with Crippen molar-refractivity contribution in [1.29, 1.82) is 0 Å². The zero-order valence-corrected chi connectivity index (χ0v) is 17.6. The molecule has 0 atom stereocenters. The molecule has 0 saturated heterocycles. The van der Waals surface area contributed by atoms with Crippen molar-refractivity contribution in [3.63, 3.8) is 0 Å². The first-order valence-corrected chi connectivity index (χ1v) is 10.3. The smallest absolute Gasteiger partial charge is 0.119 e. The fraction of sp³-hybridized carbons (Fsp3) is 0.185. The summed E-state index contributed by atoms with van der Waals surface area (Å²) in [5.74, 6) is 1.12. The maximum absolute atomic E-state index is 9.80. The Hall–Kier alpha value is -3.30. The van der Waals surface area contributed by atoms with Gasteiger partial charge >= 0.3 is 0 Å². The van der Waals surface area contributed by atoms with Gasteiger partial charge in [0.2, 0.25) is 0 Å². The van der Waals surface area contributed by atoms with Crippen molar-refractivity contribution in [1.82, 2.24) is 5.32 Å². The van der Waals surface area contributed by atoms with E-state index >= 15 is 0 Å². The molecule has 0 radical (unpaired) electrons. The van der Waals surface area contributed by atoms with E-state index in [1.807, 2.05) is 44.3 Å². The quantitative estimate of drug-likeness (QED) is 0.267. The lowest BCUT2D eigenvalue weighted by molar-refractivity contribution is 0.318. The lowest BCUT2D eigenvalue weighted by atomic mass is 9.87. The fourth-order valence-electron chi connectivity index (χ4n) is 3.37. The first kappa shape index (κ1) is 21.4. The van der Waals surface area contributed by atoms with Crippen molar-refractivity contribution in [2.75, 3.05) is 20.2 Å². The van der Waals surface area contributed by atoms with Gasteiger partial charge in [-0.2, -0.15) is 0 Å². The van der Waals surface area contributed by atoms with E-state index in [0.717, 1.165) is 35.4 Å². The molecule has 3 aromatic carbocycles. The van der Waals surface area contributed by atoms with Crippen LogP contribution in [0.4, 0.5) is 0 Å². The Kier molecular flexibility index (Phi) is 7.87. The van der Waals surface area contributed by atoms with Crippen molar-refractivity contribution < 1.29 is 9.84 Å². The molecule has 3 nitrogen and oxygen atoms in total. The summed E-state index contributed by atoms with van der Waals surface area (Å²) < 4.78 is 5.79. The van der Waals surface area contributed by atoms with Crippen LogP contribution in [-0.4, -0.2) is 25.3 Å². The molecule has 0 spiro atoms. The summed E-state index contributed by atoms with van der Waals surface area (Å²) >= 11 is 0. The van der Waals surface area contributed by atoms with Crippen LogP contribution < -0.4 is 10.1 Å². The van der Waals surface area contributed by atoms with E-state index in [0.29, 0.717) is 6.61 Å².